The van der Waals surface area contributed by atoms with E-state index in [0.717, 1.165) is 0 Å². The Balaban J connectivity index is 2.28. The number of rotatable bonds is 7. The molecular weight excluding hydrogens is 258 g/mol. The molecule has 20 heavy (non-hydrogen) atoms. The second kappa shape index (κ2) is 6.17. The second-order valence-corrected chi connectivity index (χ2v) is 5.26. The summed E-state index contributed by atoms with van der Waals surface area (Å²) in [5.41, 5.74) is 0.704. The molecule has 0 amide bonds. The Hall–Kier alpha value is -1.69. The first-order valence-corrected chi connectivity index (χ1v) is 6.87. The molecule has 6 heteroatoms. The average Bonchev–Trinajstić information content (AvgIpc) is 3.22. The number of aromatic carboxylic acids is 1. The van der Waals surface area contributed by atoms with Crippen molar-refractivity contribution in [1.82, 2.24) is 9.97 Å². The summed E-state index contributed by atoms with van der Waals surface area (Å²) in [6.07, 6.45) is 2.42. The summed E-state index contributed by atoms with van der Waals surface area (Å²) in [5, 5.41) is 9.12. The van der Waals surface area contributed by atoms with Gasteiger partial charge in [0, 0.05) is 25.4 Å². The SMILES string of the molecule is COCCN(c1nc(C)cc(C(=O)O)n1)C(C)C1CC1. The molecule has 1 aromatic rings. The number of ether oxygens (including phenoxy) is 1. The monoisotopic (exact) mass is 279 g/mol. The summed E-state index contributed by atoms with van der Waals surface area (Å²) in [6.45, 7) is 5.15. The van der Waals surface area contributed by atoms with Crippen LogP contribution in [0.2, 0.25) is 0 Å². The van der Waals surface area contributed by atoms with E-state index >= 15 is 0 Å². The Morgan fingerprint density at radius 2 is 2.25 bits per heavy atom. The minimum atomic E-state index is -1.03. The van der Waals surface area contributed by atoms with Crippen molar-refractivity contribution in [3.05, 3.63) is 17.5 Å². The molecule has 0 aliphatic heterocycles. The summed E-state index contributed by atoms with van der Waals surface area (Å²) >= 11 is 0. The number of methoxy groups -OCH3 is 1. The van der Waals surface area contributed by atoms with Crippen LogP contribution >= 0.6 is 0 Å². The summed E-state index contributed by atoms with van der Waals surface area (Å²) < 4.78 is 5.14. The maximum atomic E-state index is 11.1. The molecule has 0 spiro atoms. The van der Waals surface area contributed by atoms with Gasteiger partial charge in [-0.05, 0) is 38.7 Å². The quantitative estimate of drug-likeness (QED) is 0.819. The van der Waals surface area contributed by atoms with Crippen molar-refractivity contribution in [3.8, 4) is 0 Å². The van der Waals surface area contributed by atoms with Crippen molar-refractivity contribution < 1.29 is 14.6 Å². The van der Waals surface area contributed by atoms with Crippen LogP contribution in [-0.2, 0) is 4.74 Å². The van der Waals surface area contributed by atoms with Gasteiger partial charge in [-0.3, -0.25) is 0 Å². The lowest BCUT2D eigenvalue weighted by molar-refractivity contribution is 0.0690. The lowest BCUT2D eigenvalue weighted by atomic mass is 10.2. The molecule has 1 N–H and O–H groups in total. The fraction of sp³-hybridized carbons (Fsp3) is 0.643. The molecule has 1 saturated carbocycles. The molecule has 1 atom stereocenters. The number of carbonyl (C=O) groups is 1. The van der Waals surface area contributed by atoms with Gasteiger partial charge in [-0.15, -0.1) is 0 Å². The number of aromatic nitrogens is 2. The number of aryl methyl sites for hydroxylation is 1. The number of anilines is 1. The van der Waals surface area contributed by atoms with Crippen LogP contribution in [0.3, 0.4) is 0 Å². The number of nitrogens with zero attached hydrogens (tertiary/aromatic N) is 3. The molecule has 0 bridgehead atoms. The van der Waals surface area contributed by atoms with Crippen LogP contribution < -0.4 is 4.90 Å². The van der Waals surface area contributed by atoms with E-state index in [1.165, 1.54) is 18.9 Å². The minimum absolute atomic E-state index is 0.0397. The third-order valence-electron chi connectivity index (χ3n) is 3.65. The highest BCUT2D eigenvalue weighted by molar-refractivity contribution is 5.85. The van der Waals surface area contributed by atoms with Gasteiger partial charge >= 0.3 is 5.97 Å². The predicted octanol–water partition coefficient (Wildman–Crippen LogP) is 1.73. The molecule has 1 aliphatic carbocycles. The van der Waals surface area contributed by atoms with Gasteiger partial charge in [0.15, 0.2) is 5.69 Å². The number of hydrogen-bond acceptors (Lipinski definition) is 5. The van der Waals surface area contributed by atoms with Crippen LogP contribution in [0.15, 0.2) is 6.07 Å². The lowest BCUT2D eigenvalue weighted by Crippen LogP contribution is -2.38. The van der Waals surface area contributed by atoms with Gasteiger partial charge in [-0.25, -0.2) is 14.8 Å². The number of hydrogen-bond donors (Lipinski definition) is 1. The second-order valence-electron chi connectivity index (χ2n) is 5.26. The van der Waals surface area contributed by atoms with E-state index in [9.17, 15) is 4.79 Å². The van der Waals surface area contributed by atoms with Gasteiger partial charge < -0.3 is 14.7 Å². The van der Waals surface area contributed by atoms with Crippen molar-refractivity contribution >= 4 is 11.9 Å². The summed E-state index contributed by atoms with van der Waals surface area (Å²) in [4.78, 5) is 21.8. The molecule has 2 rings (SSSR count). The summed E-state index contributed by atoms with van der Waals surface area (Å²) in [7, 11) is 1.65. The smallest absolute Gasteiger partial charge is 0.354 e. The molecule has 0 aromatic carbocycles. The van der Waals surface area contributed by atoms with Gasteiger partial charge in [-0.1, -0.05) is 0 Å². The van der Waals surface area contributed by atoms with Crippen LogP contribution in [-0.4, -0.2) is 47.3 Å². The molecule has 1 aromatic heterocycles. The van der Waals surface area contributed by atoms with Gasteiger partial charge in [-0.2, -0.15) is 0 Å². The van der Waals surface area contributed by atoms with E-state index in [4.69, 9.17) is 9.84 Å². The Morgan fingerprint density at radius 3 is 2.80 bits per heavy atom. The number of carboxylic acids is 1. The summed E-state index contributed by atoms with van der Waals surface area (Å²) in [6, 6.07) is 1.79. The third kappa shape index (κ3) is 3.45. The van der Waals surface area contributed by atoms with E-state index in [2.05, 4.69) is 21.8 Å². The minimum Gasteiger partial charge on any atom is -0.477 e. The molecular formula is C14H21N3O3. The average molecular weight is 279 g/mol. The van der Waals surface area contributed by atoms with Crippen molar-refractivity contribution in [2.24, 2.45) is 5.92 Å². The maximum absolute atomic E-state index is 11.1. The predicted molar refractivity (Wildman–Crippen MR) is 75.1 cm³/mol. The first-order valence-electron chi connectivity index (χ1n) is 6.87. The first-order chi connectivity index (χ1) is 9.52. The Kier molecular flexibility index (Phi) is 4.54. The van der Waals surface area contributed by atoms with Crippen molar-refractivity contribution in [1.29, 1.82) is 0 Å². The zero-order valence-electron chi connectivity index (χ0n) is 12.2. The molecule has 0 radical (unpaired) electrons. The maximum Gasteiger partial charge on any atom is 0.354 e. The molecule has 110 valence electrons. The molecule has 1 fully saturated rings. The van der Waals surface area contributed by atoms with E-state index < -0.39 is 5.97 Å². The highest BCUT2D eigenvalue weighted by Crippen LogP contribution is 2.36. The Bertz CT molecular complexity index is 489. The largest absolute Gasteiger partial charge is 0.477 e. The fourth-order valence-electron chi connectivity index (χ4n) is 2.30. The van der Waals surface area contributed by atoms with Gasteiger partial charge in [0.05, 0.1) is 6.61 Å². The third-order valence-corrected chi connectivity index (χ3v) is 3.65. The van der Waals surface area contributed by atoms with Crippen LogP contribution in [0, 0.1) is 12.8 Å². The van der Waals surface area contributed by atoms with E-state index in [-0.39, 0.29) is 5.69 Å². The van der Waals surface area contributed by atoms with Crippen molar-refractivity contribution in [3.63, 3.8) is 0 Å². The van der Waals surface area contributed by atoms with Crippen LogP contribution in [0.4, 0.5) is 5.95 Å². The van der Waals surface area contributed by atoms with E-state index in [1.54, 1.807) is 14.0 Å². The van der Waals surface area contributed by atoms with Gasteiger partial charge in [0.25, 0.3) is 0 Å². The lowest BCUT2D eigenvalue weighted by Gasteiger charge is -2.29. The van der Waals surface area contributed by atoms with Gasteiger partial charge in [0.2, 0.25) is 5.95 Å². The van der Waals surface area contributed by atoms with Crippen molar-refractivity contribution in [2.45, 2.75) is 32.7 Å². The topological polar surface area (TPSA) is 75.5 Å². The van der Waals surface area contributed by atoms with E-state index in [1.807, 2.05) is 0 Å². The van der Waals surface area contributed by atoms with E-state index in [0.29, 0.717) is 36.8 Å². The number of carboxylic acid groups (broad SMARTS) is 1. The van der Waals surface area contributed by atoms with Crippen molar-refractivity contribution in [2.75, 3.05) is 25.2 Å². The normalized spacial score (nSPS) is 15.9. The van der Waals surface area contributed by atoms with Crippen LogP contribution in [0.1, 0.15) is 35.9 Å². The standard InChI is InChI=1S/C14H21N3O3/c1-9-8-12(13(18)19)16-14(15-9)17(6-7-20-3)10(2)11-4-5-11/h8,10-11H,4-7H2,1-3H3,(H,18,19). The molecule has 1 unspecified atom stereocenters. The molecule has 0 saturated heterocycles. The molecule has 1 aliphatic rings. The van der Waals surface area contributed by atoms with Crippen LogP contribution in [0.25, 0.3) is 0 Å². The van der Waals surface area contributed by atoms with Gasteiger partial charge in [0.1, 0.15) is 0 Å². The molecule has 1 heterocycles. The first kappa shape index (κ1) is 14.7. The highest BCUT2D eigenvalue weighted by atomic mass is 16.5. The van der Waals surface area contributed by atoms with Crippen LogP contribution in [0.5, 0.6) is 0 Å². The zero-order valence-corrected chi connectivity index (χ0v) is 12.2. The fourth-order valence-corrected chi connectivity index (χ4v) is 2.30. The zero-order chi connectivity index (χ0) is 14.7. The highest BCUT2D eigenvalue weighted by Gasteiger charge is 2.33. The Labute approximate surface area is 118 Å². The Morgan fingerprint density at radius 1 is 1.55 bits per heavy atom. The summed E-state index contributed by atoms with van der Waals surface area (Å²) in [5.74, 6) is 0.102. The molecule has 6 nitrogen and oxygen atoms in total.